The molecule has 1 aromatic rings. The number of hydrogen-bond donors (Lipinski definition) is 2. The van der Waals surface area contributed by atoms with Crippen molar-refractivity contribution in [3.63, 3.8) is 0 Å². The smallest absolute Gasteiger partial charge is 0.254 e. The van der Waals surface area contributed by atoms with Gasteiger partial charge in [-0.05, 0) is 43.5 Å². The first kappa shape index (κ1) is 13.3. The molecule has 2 rings (SSSR count). The number of likely N-dealkylation sites (tertiary alicyclic amines) is 1. The zero-order valence-electron chi connectivity index (χ0n) is 10.6. The number of halogens is 1. The third kappa shape index (κ3) is 2.52. The van der Waals surface area contributed by atoms with Gasteiger partial charge in [-0.25, -0.2) is 4.39 Å². The highest BCUT2D eigenvalue weighted by molar-refractivity contribution is 5.98. The molecule has 0 aromatic heterocycles. The molecule has 102 valence electrons. The van der Waals surface area contributed by atoms with E-state index in [1.54, 1.807) is 11.8 Å². The molecule has 0 saturated carbocycles. The van der Waals surface area contributed by atoms with Crippen molar-refractivity contribution in [1.29, 1.82) is 0 Å². The molecule has 1 heterocycles. The molecule has 1 amide bonds. The lowest BCUT2D eigenvalue weighted by atomic mass is 10.1. The maximum Gasteiger partial charge on any atom is 0.254 e. The Morgan fingerprint density at radius 1 is 1.58 bits per heavy atom. The number of benzene rings is 1. The van der Waals surface area contributed by atoms with Crippen LogP contribution in [0, 0.1) is 12.7 Å². The Morgan fingerprint density at radius 3 is 2.95 bits per heavy atom. The molecule has 1 aromatic carbocycles. The Bertz CT molecular complexity index is 531. The van der Waals surface area contributed by atoms with Gasteiger partial charge in [0.2, 0.25) is 0 Å². The molecule has 1 fully saturated rings. The molecule has 1 unspecified atom stereocenters. The zero-order valence-corrected chi connectivity index (χ0v) is 10.6. The molecule has 5 nitrogen and oxygen atoms in total. The van der Waals surface area contributed by atoms with Crippen LogP contribution in [0.5, 0.6) is 0 Å². The van der Waals surface area contributed by atoms with Gasteiger partial charge in [0.25, 0.3) is 5.91 Å². The number of aryl methyl sites for hydroxylation is 1. The van der Waals surface area contributed by atoms with Gasteiger partial charge in [-0.1, -0.05) is 5.16 Å². The van der Waals surface area contributed by atoms with Gasteiger partial charge in [0.15, 0.2) is 5.84 Å². The molecular weight excluding hydrogens is 249 g/mol. The van der Waals surface area contributed by atoms with E-state index in [2.05, 4.69) is 5.16 Å². The van der Waals surface area contributed by atoms with E-state index in [1.807, 2.05) is 0 Å². The van der Waals surface area contributed by atoms with Crippen molar-refractivity contribution < 1.29 is 14.4 Å². The number of nitrogens with zero attached hydrogens (tertiary/aromatic N) is 2. The summed E-state index contributed by atoms with van der Waals surface area (Å²) in [5.41, 5.74) is 6.42. The van der Waals surface area contributed by atoms with Crippen LogP contribution >= 0.6 is 0 Å². The van der Waals surface area contributed by atoms with Crippen LogP contribution in [0.4, 0.5) is 4.39 Å². The van der Waals surface area contributed by atoms with Crippen LogP contribution < -0.4 is 5.73 Å². The summed E-state index contributed by atoms with van der Waals surface area (Å²) in [6.07, 6.45) is 1.47. The first-order chi connectivity index (χ1) is 9.04. The van der Waals surface area contributed by atoms with Crippen molar-refractivity contribution in [2.75, 3.05) is 6.54 Å². The van der Waals surface area contributed by atoms with Gasteiger partial charge in [-0.15, -0.1) is 0 Å². The monoisotopic (exact) mass is 265 g/mol. The molecule has 1 atom stereocenters. The number of carbonyl (C=O) groups excluding carboxylic acids is 1. The fraction of sp³-hybridized carbons (Fsp3) is 0.385. The minimum absolute atomic E-state index is 0.0321. The van der Waals surface area contributed by atoms with E-state index >= 15 is 0 Å². The third-order valence-corrected chi connectivity index (χ3v) is 3.38. The van der Waals surface area contributed by atoms with Gasteiger partial charge in [0.1, 0.15) is 5.82 Å². The van der Waals surface area contributed by atoms with E-state index in [-0.39, 0.29) is 23.6 Å². The molecule has 1 aliphatic rings. The maximum atomic E-state index is 13.2. The molecular formula is C13H16FN3O2. The van der Waals surface area contributed by atoms with Gasteiger partial charge in [0, 0.05) is 12.1 Å². The topological polar surface area (TPSA) is 78.9 Å². The first-order valence-electron chi connectivity index (χ1n) is 6.09. The second kappa shape index (κ2) is 5.26. The highest BCUT2D eigenvalue weighted by Crippen LogP contribution is 2.21. The lowest BCUT2D eigenvalue weighted by molar-refractivity contribution is 0.0767. The molecule has 6 heteroatoms. The van der Waals surface area contributed by atoms with E-state index < -0.39 is 0 Å². The van der Waals surface area contributed by atoms with Crippen LogP contribution in [0.2, 0.25) is 0 Å². The van der Waals surface area contributed by atoms with Crippen molar-refractivity contribution in [2.45, 2.75) is 25.8 Å². The summed E-state index contributed by atoms with van der Waals surface area (Å²) >= 11 is 0. The Hall–Kier alpha value is -2.11. The van der Waals surface area contributed by atoms with Crippen molar-refractivity contribution in [3.05, 3.63) is 35.1 Å². The molecule has 1 aliphatic heterocycles. The maximum absolute atomic E-state index is 13.2. The van der Waals surface area contributed by atoms with Crippen molar-refractivity contribution in [1.82, 2.24) is 4.90 Å². The average molecular weight is 265 g/mol. The number of rotatable bonds is 2. The highest BCUT2D eigenvalue weighted by atomic mass is 19.1. The van der Waals surface area contributed by atoms with Crippen molar-refractivity contribution in [2.24, 2.45) is 10.9 Å². The fourth-order valence-corrected chi connectivity index (χ4v) is 2.33. The van der Waals surface area contributed by atoms with Gasteiger partial charge in [-0.2, -0.15) is 0 Å². The summed E-state index contributed by atoms with van der Waals surface area (Å²) in [4.78, 5) is 13.9. The quantitative estimate of drug-likeness (QED) is 0.368. The number of nitrogens with two attached hydrogens (primary N) is 1. The lowest BCUT2D eigenvalue weighted by Crippen LogP contribution is -2.43. The summed E-state index contributed by atoms with van der Waals surface area (Å²) in [5, 5.41) is 11.7. The normalized spacial score (nSPS) is 19.8. The third-order valence-electron chi connectivity index (χ3n) is 3.38. The second-order valence-electron chi connectivity index (χ2n) is 4.65. The first-order valence-corrected chi connectivity index (χ1v) is 6.09. The molecule has 1 saturated heterocycles. The van der Waals surface area contributed by atoms with E-state index in [1.165, 1.54) is 18.2 Å². The van der Waals surface area contributed by atoms with Gasteiger partial charge in [-0.3, -0.25) is 4.79 Å². The minimum atomic E-state index is -0.386. The predicted molar refractivity (Wildman–Crippen MR) is 68.6 cm³/mol. The van der Waals surface area contributed by atoms with Crippen LogP contribution in [0.3, 0.4) is 0 Å². The zero-order chi connectivity index (χ0) is 14.0. The summed E-state index contributed by atoms with van der Waals surface area (Å²) in [6.45, 7) is 2.16. The predicted octanol–water partition coefficient (Wildman–Crippen LogP) is 1.49. The van der Waals surface area contributed by atoms with Crippen LogP contribution in [-0.2, 0) is 0 Å². The van der Waals surface area contributed by atoms with Crippen molar-refractivity contribution in [3.8, 4) is 0 Å². The molecule has 0 aliphatic carbocycles. The lowest BCUT2D eigenvalue weighted by Gasteiger charge is -2.23. The second-order valence-corrected chi connectivity index (χ2v) is 4.65. The number of hydrogen-bond acceptors (Lipinski definition) is 3. The molecule has 0 bridgehead atoms. The van der Waals surface area contributed by atoms with Crippen LogP contribution in [0.25, 0.3) is 0 Å². The Morgan fingerprint density at radius 2 is 2.32 bits per heavy atom. The van der Waals surface area contributed by atoms with E-state index in [0.29, 0.717) is 24.1 Å². The molecule has 0 spiro atoms. The summed E-state index contributed by atoms with van der Waals surface area (Å²) in [7, 11) is 0. The summed E-state index contributed by atoms with van der Waals surface area (Å²) in [6, 6.07) is 3.85. The SMILES string of the molecule is Cc1cc(C(=O)N2CCCC2C(N)=NO)ccc1F. The van der Waals surface area contributed by atoms with Crippen LogP contribution in [0.15, 0.2) is 23.4 Å². The Labute approximate surface area is 110 Å². The van der Waals surface area contributed by atoms with Gasteiger partial charge < -0.3 is 15.8 Å². The van der Waals surface area contributed by atoms with E-state index in [4.69, 9.17) is 10.9 Å². The average Bonchev–Trinajstić information content (AvgIpc) is 2.89. The van der Waals surface area contributed by atoms with Crippen LogP contribution in [0.1, 0.15) is 28.8 Å². The van der Waals surface area contributed by atoms with E-state index in [9.17, 15) is 9.18 Å². The molecule has 19 heavy (non-hydrogen) atoms. The molecule has 0 radical (unpaired) electrons. The number of amides is 1. The van der Waals surface area contributed by atoms with Gasteiger partial charge >= 0.3 is 0 Å². The number of carbonyl (C=O) groups is 1. The Kier molecular flexibility index (Phi) is 3.69. The van der Waals surface area contributed by atoms with Crippen LogP contribution in [-0.4, -0.2) is 34.4 Å². The van der Waals surface area contributed by atoms with Gasteiger partial charge in [0.05, 0.1) is 6.04 Å². The Balaban J connectivity index is 2.25. The van der Waals surface area contributed by atoms with Crippen molar-refractivity contribution >= 4 is 11.7 Å². The molecule has 3 N–H and O–H groups in total. The van der Waals surface area contributed by atoms with E-state index in [0.717, 1.165) is 6.42 Å². The summed E-state index contributed by atoms with van der Waals surface area (Å²) in [5.74, 6) is -0.534. The fourth-order valence-electron chi connectivity index (χ4n) is 2.33. The number of oxime groups is 1. The largest absolute Gasteiger partial charge is 0.409 e. The number of amidine groups is 1. The minimum Gasteiger partial charge on any atom is -0.409 e. The highest BCUT2D eigenvalue weighted by Gasteiger charge is 2.32. The standard InChI is InChI=1S/C13H16FN3O2/c1-8-7-9(4-5-10(8)14)13(18)17-6-2-3-11(17)12(15)16-19/h4-5,7,11,19H,2-3,6H2,1H3,(H2,15,16). The summed E-state index contributed by atoms with van der Waals surface area (Å²) < 4.78 is 13.2.